The van der Waals surface area contributed by atoms with Gasteiger partial charge in [-0.25, -0.2) is 17.2 Å². The molecule has 7 nitrogen and oxygen atoms in total. The highest BCUT2D eigenvalue weighted by molar-refractivity contribution is 7.90. The summed E-state index contributed by atoms with van der Waals surface area (Å²) >= 11 is 0. The van der Waals surface area contributed by atoms with Crippen LogP contribution in [-0.2, 0) is 26.0 Å². The standard InChI is InChI=1S/C18H15F2N3O4S/c1-28(26,27)16-13(19)7-11(8-14(16)20)23-18(25)17(24)21-9-12-6-10-4-2-3-5-15(10)22-12/h2-8,22H,9H2,1H3,(H,21,24)(H,23,25). The Bertz CT molecular complexity index is 1130. The van der Waals surface area contributed by atoms with Gasteiger partial charge in [0.25, 0.3) is 0 Å². The number of H-pyrrole nitrogens is 1. The van der Waals surface area contributed by atoms with Gasteiger partial charge in [-0.1, -0.05) is 18.2 Å². The van der Waals surface area contributed by atoms with E-state index in [2.05, 4.69) is 10.3 Å². The minimum Gasteiger partial charge on any atom is -0.357 e. The third-order valence-corrected chi connectivity index (χ3v) is 4.99. The summed E-state index contributed by atoms with van der Waals surface area (Å²) in [5.74, 6) is -4.90. The van der Waals surface area contributed by atoms with Crippen molar-refractivity contribution in [1.82, 2.24) is 10.3 Å². The predicted octanol–water partition coefficient (Wildman–Crippen LogP) is 2.10. The summed E-state index contributed by atoms with van der Waals surface area (Å²) in [6, 6.07) is 10.5. The van der Waals surface area contributed by atoms with E-state index in [1.165, 1.54) is 0 Å². The van der Waals surface area contributed by atoms with Gasteiger partial charge in [0.2, 0.25) is 0 Å². The summed E-state index contributed by atoms with van der Waals surface area (Å²) < 4.78 is 50.4. The van der Waals surface area contributed by atoms with E-state index in [0.29, 0.717) is 24.1 Å². The zero-order valence-corrected chi connectivity index (χ0v) is 15.4. The quantitative estimate of drug-likeness (QED) is 0.576. The minimum absolute atomic E-state index is 0.0384. The van der Waals surface area contributed by atoms with Crippen molar-refractivity contribution in [3.8, 4) is 0 Å². The molecular formula is C18H15F2N3O4S. The number of amides is 2. The third kappa shape index (κ3) is 4.17. The van der Waals surface area contributed by atoms with E-state index in [4.69, 9.17) is 0 Å². The van der Waals surface area contributed by atoms with Gasteiger partial charge < -0.3 is 15.6 Å². The van der Waals surface area contributed by atoms with Crippen LogP contribution in [0.2, 0.25) is 0 Å². The van der Waals surface area contributed by atoms with E-state index >= 15 is 0 Å². The zero-order valence-electron chi connectivity index (χ0n) is 14.5. The maximum absolute atomic E-state index is 13.9. The molecule has 0 spiro atoms. The molecule has 28 heavy (non-hydrogen) atoms. The van der Waals surface area contributed by atoms with Crippen LogP contribution < -0.4 is 10.6 Å². The van der Waals surface area contributed by atoms with Crippen molar-refractivity contribution in [3.05, 3.63) is 59.8 Å². The summed E-state index contributed by atoms with van der Waals surface area (Å²) in [6.07, 6.45) is 0.657. The molecule has 3 rings (SSSR count). The van der Waals surface area contributed by atoms with Gasteiger partial charge in [-0.15, -0.1) is 0 Å². The number of rotatable bonds is 4. The van der Waals surface area contributed by atoms with Crippen LogP contribution >= 0.6 is 0 Å². The fraction of sp³-hybridized carbons (Fsp3) is 0.111. The lowest BCUT2D eigenvalue weighted by atomic mass is 10.2. The van der Waals surface area contributed by atoms with Gasteiger partial charge in [-0.05, 0) is 29.7 Å². The zero-order chi connectivity index (χ0) is 20.5. The average Bonchev–Trinajstić information content (AvgIpc) is 3.00. The van der Waals surface area contributed by atoms with Crippen LogP contribution in [-0.4, -0.2) is 31.5 Å². The Labute approximate surface area is 158 Å². The van der Waals surface area contributed by atoms with Crippen molar-refractivity contribution in [2.45, 2.75) is 11.4 Å². The van der Waals surface area contributed by atoms with E-state index < -0.39 is 38.2 Å². The van der Waals surface area contributed by atoms with Crippen molar-refractivity contribution in [3.63, 3.8) is 0 Å². The summed E-state index contributed by atoms with van der Waals surface area (Å²) in [5, 5.41) is 5.35. The van der Waals surface area contributed by atoms with Crippen LogP contribution in [0.4, 0.5) is 14.5 Å². The second-order valence-electron chi connectivity index (χ2n) is 6.06. The van der Waals surface area contributed by atoms with Crippen LogP contribution in [0.1, 0.15) is 5.69 Å². The highest BCUT2D eigenvalue weighted by Gasteiger charge is 2.22. The Morgan fingerprint density at radius 2 is 1.68 bits per heavy atom. The number of sulfone groups is 1. The molecule has 3 N–H and O–H groups in total. The second kappa shape index (κ2) is 7.39. The van der Waals surface area contributed by atoms with Crippen LogP contribution in [0.5, 0.6) is 0 Å². The summed E-state index contributed by atoms with van der Waals surface area (Å²) in [7, 11) is -4.12. The monoisotopic (exact) mass is 407 g/mol. The molecule has 2 amide bonds. The van der Waals surface area contributed by atoms with Crippen molar-refractivity contribution < 1.29 is 26.8 Å². The van der Waals surface area contributed by atoms with E-state index in [-0.39, 0.29) is 12.2 Å². The Balaban J connectivity index is 1.66. The van der Waals surface area contributed by atoms with Gasteiger partial charge in [0.15, 0.2) is 9.84 Å². The van der Waals surface area contributed by atoms with Gasteiger partial charge >= 0.3 is 11.8 Å². The highest BCUT2D eigenvalue weighted by Crippen LogP contribution is 2.23. The largest absolute Gasteiger partial charge is 0.357 e. The summed E-state index contributed by atoms with van der Waals surface area (Å²) in [5.41, 5.74) is 1.15. The number of hydrogen-bond donors (Lipinski definition) is 3. The van der Waals surface area contributed by atoms with Gasteiger partial charge in [0, 0.05) is 23.2 Å². The van der Waals surface area contributed by atoms with Crippen LogP contribution in [0.25, 0.3) is 10.9 Å². The number of para-hydroxylation sites is 1. The van der Waals surface area contributed by atoms with Gasteiger partial charge in [-0.2, -0.15) is 0 Å². The molecule has 146 valence electrons. The number of halogens is 2. The summed E-state index contributed by atoms with van der Waals surface area (Å²) in [4.78, 5) is 25.8. The number of benzene rings is 2. The number of carbonyl (C=O) groups excluding carboxylic acids is 2. The van der Waals surface area contributed by atoms with Gasteiger partial charge in [0.1, 0.15) is 16.5 Å². The fourth-order valence-corrected chi connectivity index (χ4v) is 3.48. The van der Waals surface area contributed by atoms with Gasteiger partial charge in [0.05, 0.1) is 6.54 Å². The molecule has 3 aromatic rings. The molecule has 0 bridgehead atoms. The van der Waals surface area contributed by atoms with Crippen LogP contribution in [0.15, 0.2) is 47.4 Å². The maximum atomic E-state index is 13.9. The molecule has 0 saturated carbocycles. The Morgan fingerprint density at radius 1 is 1.04 bits per heavy atom. The average molecular weight is 407 g/mol. The number of carbonyl (C=O) groups is 2. The fourth-order valence-electron chi connectivity index (χ4n) is 2.66. The van der Waals surface area contributed by atoms with Crippen molar-refractivity contribution >= 4 is 38.2 Å². The smallest absolute Gasteiger partial charge is 0.313 e. The first-order chi connectivity index (χ1) is 13.1. The number of anilines is 1. The highest BCUT2D eigenvalue weighted by atomic mass is 32.2. The normalized spacial score (nSPS) is 11.4. The molecule has 1 heterocycles. The molecular weight excluding hydrogens is 392 g/mol. The molecule has 0 aliphatic rings. The SMILES string of the molecule is CS(=O)(=O)c1c(F)cc(NC(=O)C(=O)NCc2cc3ccccc3[nH]2)cc1F. The molecule has 0 aliphatic heterocycles. The first-order valence-electron chi connectivity index (χ1n) is 8.00. The van der Waals surface area contributed by atoms with E-state index in [0.717, 1.165) is 10.9 Å². The third-order valence-electron chi connectivity index (χ3n) is 3.86. The first kappa shape index (κ1) is 19.5. The molecule has 1 aromatic heterocycles. The molecule has 0 fully saturated rings. The number of nitrogens with one attached hydrogen (secondary N) is 3. The lowest BCUT2D eigenvalue weighted by molar-refractivity contribution is -0.136. The Morgan fingerprint density at radius 3 is 2.29 bits per heavy atom. The van der Waals surface area contributed by atoms with Crippen molar-refractivity contribution in [1.29, 1.82) is 0 Å². The first-order valence-corrected chi connectivity index (χ1v) is 9.89. The van der Waals surface area contributed by atoms with E-state index in [9.17, 15) is 26.8 Å². The molecule has 10 heteroatoms. The molecule has 0 atom stereocenters. The maximum Gasteiger partial charge on any atom is 0.313 e. The topological polar surface area (TPSA) is 108 Å². The number of fused-ring (bicyclic) bond motifs is 1. The van der Waals surface area contributed by atoms with E-state index in [1.54, 1.807) is 0 Å². The van der Waals surface area contributed by atoms with Gasteiger partial charge in [-0.3, -0.25) is 9.59 Å². The van der Waals surface area contributed by atoms with Crippen LogP contribution in [0.3, 0.4) is 0 Å². The number of aromatic amines is 1. The van der Waals surface area contributed by atoms with Crippen molar-refractivity contribution in [2.24, 2.45) is 0 Å². The summed E-state index contributed by atoms with van der Waals surface area (Å²) in [6.45, 7) is 0.0384. The molecule has 0 unspecified atom stereocenters. The predicted molar refractivity (Wildman–Crippen MR) is 98.2 cm³/mol. The Hall–Kier alpha value is -3.27. The lowest BCUT2D eigenvalue weighted by Crippen LogP contribution is -2.35. The molecule has 0 aliphatic carbocycles. The Kier molecular flexibility index (Phi) is 5.14. The molecule has 0 saturated heterocycles. The second-order valence-corrected chi connectivity index (χ2v) is 8.01. The molecule has 2 aromatic carbocycles. The minimum atomic E-state index is -4.12. The number of aromatic nitrogens is 1. The lowest BCUT2D eigenvalue weighted by Gasteiger charge is -2.08. The van der Waals surface area contributed by atoms with Crippen LogP contribution in [0, 0.1) is 11.6 Å². The number of hydrogen-bond acceptors (Lipinski definition) is 4. The van der Waals surface area contributed by atoms with Crippen molar-refractivity contribution in [2.75, 3.05) is 11.6 Å². The molecule has 0 radical (unpaired) electrons. The van der Waals surface area contributed by atoms with E-state index in [1.807, 2.05) is 35.6 Å².